The largest absolute Gasteiger partial charge is 0.374 e. The number of nitrogens with zero attached hydrogens (tertiary/aromatic N) is 9. The molecule has 9 rings (SSSR count). The predicted molar refractivity (Wildman–Crippen MR) is 223 cm³/mol. The number of aliphatic hydroxyl groups excluding tert-OH is 1. The lowest BCUT2D eigenvalue weighted by atomic mass is 9.85. The van der Waals surface area contributed by atoms with Crippen LogP contribution in [-0.2, 0) is 29.1 Å². The van der Waals surface area contributed by atoms with Crippen LogP contribution in [0.3, 0.4) is 0 Å². The van der Waals surface area contributed by atoms with E-state index in [1.54, 1.807) is 29.2 Å². The van der Waals surface area contributed by atoms with Crippen molar-refractivity contribution in [1.29, 1.82) is 5.26 Å². The third-order valence-electron chi connectivity index (χ3n) is 12.8. The molecule has 7 heterocycles. The van der Waals surface area contributed by atoms with Crippen molar-refractivity contribution in [3.05, 3.63) is 93.2 Å². The van der Waals surface area contributed by atoms with Crippen LogP contribution in [0.5, 0.6) is 0 Å². The van der Waals surface area contributed by atoms with Gasteiger partial charge < -0.3 is 25.5 Å². The number of carbonyl (C=O) groups is 3. The van der Waals surface area contributed by atoms with Gasteiger partial charge in [-0.15, -0.1) is 0 Å². The van der Waals surface area contributed by atoms with Crippen molar-refractivity contribution in [2.75, 3.05) is 54.4 Å². The smallest absolute Gasteiger partial charge is 0.256 e. The van der Waals surface area contributed by atoms with E-state index in [1.807, 2.05) is 15.9 Å². The highest BCUT2D eigenvalue weighted by Crippen LogP contribution is 2.39. The Kier molecular flexibility index (Phi) is 11.7. The van der Waals surface area contributed by atoms with Crippen molar-refractivity contribution in [1.82, 2.24) is 40.4 Å². The molecular weight excluding hydrogens is 822 g/mol. The fourth-order valence-corrected chi connectivity index (χ4v) is 9.60. The third kappa shape index (κ3) is 8.49. The Morgan fingerprint density at radius 1 is 0.952 bits per heavy atom. The van der Waals surface area contributed by atoms with E-state index in [0.717, 1.165) is 62.1 Å². The van der Waals surface area contributed by atoms with E-state index < -0.39 is 35.8 Å². The number of carbonyl (C=O) groups excluding carboxylic acids is 3. The molecule has 4 aromatic rings. The first-order valence-corrected chi connectivity index (χ1v) is 21.3. The predicted octanol–water partition coefficient (Wildman–Crippen LogP) is 4.10. The molecule has 0 spiro atoms. The quantitative estimate of drug-likeness (QED) is 0.139. The Balaban J connectivity index is 0.730. The lowest BCUT2D eigenvalue weighted by Crippen LogP contribution is -2.51. The summed E-state index contributed by atoms with van der Waals surface area (Å²) in [5.74, 6) is -0.787. The third-order valence-corrected chi connectivity index (χ3v) is 13.1. The zero-order chi connectivity index (χ0) is 43.1. The average Bonchev–Trinajstić information content (AvgIpc) is 3.58. The molecule has 2 saturated heterocycles. The number of benzene rings is 1. The van der Waals surface area contributed by atoms with Crippen molar-refractivity contribution in [2.45, 2.75) is 76.3 Å². The number of pyridine rings is 2. The molecule has 2 unspecified atom stereocenters. The number of aliphatic hydroxyl groups is 1. The maximum Gasteiger partial charge on any atom is 0.256 e. The first-order chi connectivity index (χ1) is 30.0. The molecule has 3 aromatic heterocycles. The normalized spacial score (nSPS) is 23.0. The number of anilines is 4. The van der Waals surface area contributed by atoms with Gasteiger partial charge in [0, 0.05) is 69.4 Å². The molecule has 16 nitrogen and oxygen atoms in total. The fourth-order valence-electron chi connectivity index (χ4n) is 9.41. The molecule has 0 radical (unpaired) electrons. The van der Waals surface area contributed by atoms with Gasteiger partial charge in [-0.3, -0.25) is 29.5 Å². The molecule has 3 amide bonds. The molecule has 4 N–H and O–H groups in total. The zero-order valence-corrected chi connectivity index (χ0v) is 34.5. The second-order valence-corrected chi connectivity index (χ2v) is 17.0. The molecule has 62 heavy (non-hydrogen) atoms. The van der Waals surface area contributed by atoms with Gasteiger partial charge >= 0.3 is 0 Å². The summed E-state index contributed by atoms with van der Waals surface area (Å²) in [4.78, 5) is 62.6. The molecule has 0 bridgehead atoms. The number of fused-ring (bicyclic) bond motifs is 2. The molecule has 5 aliphatic rings. The second-order valence-electron chi connectivity index (χ2n) is 16.6. The van der Waals surface area contributed by atoms with E-state index in [2.05, 4.69) is 40.8 Å². The van der Waals surface area contributed by atoms with Gasteiger partial charge in [-0.1, -0.05) is 11.6 Å². The van der Waals surface area contributed by atoms with Crippen LogP contribution in [0.1, 0.15) is 83.1 Å². The number of piperidine rings is 1. The SMILES string of the molecule is N#Cc1ccc(N2CCc3c(ncnc3Nc3ccc(C(=O)N[C@H]4CC[C@H](CN5CCN(c6cc7c(cc6F)C(O)N(C6CCC(=O)NC6=O)C7)CC5)CC4)c(F)n3)C2)nc1Cl. The zero-order valence-electron chi connectivity index (χ0n) is 33.8. The summed E-state index contributed by atoms with van der Waals surface area (Å²) in [5.41, 5.74) is 3.50. The lowest BCUT2D eigenvalue weighted by Gasteiger charge is -2.39. The highest BCUT2D eigenvalue weighted by Gasteiger charge is 2.41. The van der Waals surface area contributed by atoms with E-state index in [-0.39, 0.29) is 34.9 Å². The van der Waals surface area contributed by atoms with Crippen LogP contribution >= 0.6 is 11.6 Å². The van der Waals surface area contributed by atoms with Gasteiger partial charge in [0.15, 0.2) is 0 Å². The van der Waals surface area contributed by atoms with Gasteiger partial charge in [-0.05, 0) is 86.4 Å². The Hall–Kier alpha value is -5.87. The Bertz CT molecular complexity index is 2460. The van der Waals surface area contributed by atoms with Crippen molar-refractivity contribution < 1.29 is 28.3 Å². The molecule has 1 aliphatic carbocycles. The Morgan fingerprint density at radius 3 is 2.50 bits per heavy atom. The van der Waals surface area contributed by atoms with E-state index in [1.165, 1.54) is 18.5 Å². The minimum absolute atomic E-state index is 0.0809. The van der Waals surface area contributed by atoms with E-state index in [9.17, 15) is 24.8 Å². The summed E-state index contributed by atoms with van der Waals surface area (Å²) in [6, 6.07) is 10.8. The molecule has 2 atom stereocenters. The Labute approximate surface area is 361 Å². The minimum Gasteiger partial charge on any atom is -0.374 e. The summed E-state index contributed by atoms with van der Waals surface area (Å²) < 4.78 is 30.8. The number of nitrogens with one attached hydrogen (secondary N) is 3. The number of imide groups is 1. The molecule has 4 aliphatic heterocycles. The van der Waals surface area contributed by atoms with Crippen LogP contribution in [0.4, 0.5) is 31.9 Å². The summed E-state index contributed by atoms with van der Waals surface area (Å²) in [7, 11) is 0. The van der Waals surface area contributed by atoms with Gasteiger partial charge in [0.2, 0.25) is 17.8 Å². The number of hydrogen-bond donors (Lipinski definition) is 4. The van der Waals surface area contributed by atoms with Crippen LogP contribution in [0.2, 0.25) is 5.15 Å². The van der Waals surface area contributed by atoms with Gasteiger partial charge in [-0.2, -0.15) is 9.65 Å². The molecule has 1 aromatic carbocycles. The van der Waals surface area contributed by atoms with E-state index in [4.69, 9.17) is 11.6 Å². The van der Waals surface area contributed by atoms with Gasteiger partial charge in [0.1, 0.15) is 47.0 Å². The van der Waals surface area contributed by atoms with Crippen molar-refractivity contribution in [3.8, 4) is 6.07 Å². The number of hydrogen-bond acceptors (Lipinski definition) is 14. The van der Waals surface area contributed by atoms with Crippen LogP contribution in [0.15, 0.2) is 42.7 Å². The van der Waals surface area contributed by atoms with Crippen LogP contribution in [-0.4, -0.2) is 104 Å². The number of rotatable bonds is 9. The lowest BCUT2D eigenvalue weighted by molar-refractivity contribution is -0.141. The van der Waals surface area contributed by atoms with Crippen LogP contribution < -0.4 is 25.8 Å². The topological polar surface area (TPSA) is 196 Å². The van der Waals surface area contributed by atoms with Crippen molar-refractivity contribution >= 4 is 52.5 Å². The summed E-state index contributed by atoms with van der Waals surface area (Å²) in [6.07, 6.45) is 4.76. The number of halogens is 3. The van der Waals surface area contributed by atoms with Gasteiger partial charge in [0.25, 0.3) is 5.91 Å². The van der Waals surface area contributed by atoms with Crippen molar-refractivity contribution in [2.24, 2.45) is 5.92 Å². The second kappa shape index (κ2) is 17.5. The fraction of sp³-hybridized carbons (Fsp3) is 0.442. The first-order valence-electron chi connectivity index (χ1n) is 21.0. The number of amides is 3. The maximum atomic E-state index is 15.5. The first kappa shape index (κ1) is 41.5. The van der Waals surface area contributed by atoms with E-state index >= 15 is 8.78 Å². The van der Waals surface area contributed by atoms with E-state index in [0.29, 0.717) is 79.9 Å². The monoisotopic (exact) mass is 866 g/mol. The average molecular weight is 867 g/mol. The Morgan fingerprint density at radius 2 is 1.76 bits per heavy atom. The minimum atomic E-state index is -1.12. The maximum absolute atomic E-state index is 15.5. The number of nitriles is 1. The number of piperazine rings is 1. The summed E-state index contributed by atoms with van der Waals surface area (Å²) >= 11 is 6.16. The van der Waals surface area contributed by atoms with Gasteiger partial charge in [0.05, 0.1) is 35.1 Å². The highest BCUT2D eigenvalue weighted by molar-refractivity contribution is 6.30. The van der Waals surface area contributed by atoms with Crippen LogP contribution in [0.25, 0.3) is 0 Å². The molecule has 3 fully saturated rings. The molecule has 1 saturated carbocycles. The number of aromatic nitrogens is 4. The molecule has 19 heteroatoms. The molecular formula is C43H45ClF2N12O4. The highest BCUT2D eigenvalue weighted by atomic mass is 35.5. The summed E-state index contributed by atoms with van der Waals surface area (Å²) in [5, 5.41) is 28.7. The van der Waals surface area contributed by atoms with Crippen molar-refractivity contribution in [3.63, 3.8) is 0 Å². The van der Waals surface area contributed by atoms with Crippen LogP contribution in [0, 0.1) is 29.0 Å². The summed E-state index contributed by atoms with van der Waals surface area (Å²) in [6.45, 7) is 5.04. The molecule has 322 valence electrons. The van der Waals surface area contributed by atoms with Gasteiger partial charge in [-0.25, -0.2) is 24.3 Å². The standard InChI is InChI=1S/C43H45ClF2N12O4/c44-38-25(19-47)3-9-36(53-38)57-12-11-28-32(22-57)48-23-49-40(28)52-35-8-6-29(39(46)51-35)41(60)50-27-4-1-24(2-5-27)20-55-13-15-56(16-14-55)34-17-26-21-58(43(62)30(26)18-31(34)45)33-7-10-37(59)54-42(33)61/h3,6,8-9,17-18,23-24,27,33,43,62H,1-2,4-5,7,10-16,20-22H2,(H,50,60)(H,54,59,61)(H,48,49,51,52)/t24-,27-,33?,43?.